The summed E-state index contributed by atoms with van der Waals surface area (Å²) in [6.45, 7) is 4.77. The first kappa shape index (κ1) is 20.9. The molecule has 0 aliphatic carbocycles. The van der Waals surface area contributed by atoms with Gasteiger partial charge in [-0.3, -0.25) is 9.36 Å². The van der Waals surface area contributed by atoms with Crippen molar-refractivity contribution < 1.29 is 22.3 Å². The molecule has 0 aliphatic rings. The number of rotatable bonds is 5. The second-order valence-electron chi connectivity index (χ2n) is 6.11. The van der Waals surface area contributed by atoms with Crippen LogP contribution in [0, 0.1) is 30.2 Å². The van der Waals surface area contributed by atoms with Crippen LogP contribution < -0.4 is 10.3 Å². The van der Waals surface area contributed by atoms with E-state index < -0.39 is 34.5 Å². The van der Waals surface area contributed by atoms with Crippen molar-refractivity contribution in [3.8, 4) is 11.4 Å². The molecule has 0 aliphatic heterocycles. The minimum Gasteiger partial charge on any atom is -0.487 e. The van der Waals surface area contributed by atoms with E-state index in [0.29, 0.717) is 17.3 Å². The van der Waals surface area contributed by atoms with Gasteiger partial charge in [0.05, 0.1) is 4.47 Å². The first-order valence-electron chi connectivity index (χ1n) is 8.34. The van der Waals surface area contributed by atoms with Gasteiger partial charge in [-0.05, 0) is 46.6 Å². The summed E-state index contributed by atoms with van der Waals surface area (Å²) in [5.41, 5.74) is -0.358. The average Bonchev–Trinajstić information content (AvgIpc) is 2.67. The van der Waals surface area contributed by atoms with Crippen LogP contribution in [0.15, 0.2) is 52.2 Å². The highest BCUT2D eigenvalue weighted by Crippen LogP contribution is 2.34. The number of benzene rings is 2. The van der Waals surface area contributed by atoms with Crippen molar-refractivity contribution in [2.45, 2.75) is 13.5 Å². The largest absolute Gasteiger partial charge is 0.487 e. The average molecular weight is 468 g/mol. The second-order valence-corrected chi connectivity index (χ2v) is 6.90. The maximum Gasteiger partial charge on any atom is 0.255 e. The van der Waals surface area contributed by atoms with Crippen molar-refractivity contribution in [3.63, 3.8) is 0 Å². The van der Waals surface area contributed by atoms with Crippen LogP contribution in [-0.4, -0.2) is 4.57 Å². The van der Waals surface area contributed by atoms with Gasteiger partial charge < -0.3 is 4.74 Å². The number of hydrogen-bond donors (Lipinski definition) is 0. The van der Waals surface area contributed by atoms with E-state index in [0.717, 1.165) is 16.7 Å². The molecule has 0 saturated heterocycles. The van der Waals surface area contributed by atoms with Crippen LogP contribution in [0.2, 0.25) is 0 Å². The molecule has 0 radical (unpaired) electrons. The zero-order valence-electron chi connectivity index (χ0n) is 15.1. The molecule has 0 N–H and O–H groups in total. The molecule has 0 amide bonds. The van der Waals surface area contributed by atoms with Crippen LogP contribution in [0.5, 0.6) is 5.75 Å². The topological polar surface area (TPSA) is 31.2 Å². The van der Waals surface area contributed by atoms with Gasteiger partial charge in [0.1, 0.15) is 29.7 Å². The van der Waals surface area contributed by atoms with Crippen molar-refractivity contribution in [2.75, 3.05) is 0 Å². The quantitative estimate of drug-likeness (QED) is 0.356. The lowest BCUT2D eigenvalue weighted by atomic mass is 10.1. The normalized spacial score (nSPS) is 10.8. The van der Waals surface area contributed by atoms with Gasteiger partial charge in [-0.2, -0.15) is 0 Å². The molecule has 0 spiro atoms. The van der Waals surface area contributed by atoms with Crippen molar-refractivity contribution in [3.05, 3.63) is 97.9 Å². The van der Waals surface area contributed by atoms with E-state index in [4.69, 9.17) is 4.74 Å². The molecule has 3 rings (SSSR count). The van der Waals surface area contributed by atoms with Crippen LogP contribution in [0.4, 0.5) is 17.6 Å². The molecule has 0 bridgehead atoms. The lowest BCUT2D eigenvalue weighted by Crippen LogP contribution is -2.23. The Morgan fingerprint density at radius 2 is 1.83 bits per heavy atom. The van der Waals surface area contributed by atoms with E-state index in [1.165, 1.54) is 31.2 Å². The Labute approximate surface area is 172 Å². The zero-order valence-corrected chi connectivity index (χ0v) is 16.7. The molecule has 3 aromatic rings. The minimum atomic E-state index is -1.06. The van der Waals surface area contributed by atoms with Crippen LogP contribution in [0.1, 0.15) is 16.8 Å². The van der Waals surface area contributed by atoms with Gasteiger partial charge in [0.25, 0.3) is 5.56 Å². The van der Waals surface area contributed by atoms with Crippen molar-refractivity contribution in [2.24, 2.45) is 0 Å². The lowest BCUT2D eigenvalue weighted by molar-refractivity contribution is 0.293. The Bertz CT molecular complexity index is 1170. The van der Waals surface area contributed by atoms with Gasteiger partial charge in [-0.15, -0.1) is 0 Å². The molecular formula is C21H14BrF4NO2. The SMILES string of the molecule is C=Cc1ccc(=O)n(-c2c(F)cc(OCc3ccc(F)cc3F)c(Br)c2F)c1C. The second kappa shape index (κ2) is 8.24. The van der Waals surface area contributed by atoms with Gasteiger partial charge in [-0.25, -0.2) is 17.6 Å². The Kier molecular flexibility index (Phi) is 5.93. The fraction of sp³-hybridized carbons (Fsp3) is 0.0952. The predicted octanol–water partition coefficient (Wildman–Crippen LogP) is 5.69. The summed E-state index contributed by atoms with van der Waals surface area (Å²) < 4.78 is 62.4. The number of halogens is 5. The maximum atomic E-state index is 15.0. The fourth-order valence-corrected chi connectivity index (χ4v) is 3.23. The molecular weight excluding hydrogens is 454 g/mol. The first-order chi connectivity index (χ1) is 13.7. The Morgan fingerprint density at radius 1 is 1.10 bits per heavy atom. The highest BCUT2D eigenvalue weighted by atomic mass is 79.9. The molecule has 0 atom stereocenters. The van der Waals surface area contributed by atoms with E-state index >= 15 is 0 Å². The number of pyridine rings is 1. The summed E-state index contributed by atoms with van der Waals surface area (Å²) in [6, 6.07) is 6.46. The van der Waals surface area contributed by atoms with Gasteiger partial charge in [-0.1, -0.05) is 12.7 Å². The van der Waals surface area contributed by atoms with E-state index in [1.54, 1.807) is 0 Å². The predicted molar refractivity (Wildman–Crippen MR) is 105 cm³/mol. The standard InChI is InChI=1S/C21H14BrF4NO2/c1-3-12-5-7-18(28)27(11(12)2)21-16(25)9-17(19(22)20(21)26)29-10-13-4-6-14(23)8-15(13)24/h3-9H,1,10H2,2H3. The summed E-state index contributed by atoms with van der Waals surface area (Å²) >= 11 is 2.99. The highest BCUT2D eigenvalue weighted by Gasteiger charge is 2.22. The van der Waals surface area contributed by atoms with Crippen LogP contribution in [-0.2, 0) is 6.61 Å². The zero-order chi connectivity index (χ0) is 21.3. The van der Waals surface area contributed by atoms with Gasteiger partial charge >= 0.3 is 0 Å². The van der Waals surface area contributed by atoms with Crippen molar-refractivity contribution in [1.82, 2.24) is 4.57 Å². The third-order valence-electron chi connectivity index (χ3n) is 4.32. The maximum absolute atomic E-state index is 15.0. The fourth-order valence-electron chi connectivity index (χ4n) is 2.81. The molecule has 2 aromatic carbocycles. The van der Waals surface area contributed by atoms with Crippen LogP contribution in [0.3, 0.4) is 0 Å². The molecule has 8 heteroatoms. The van der Waals surface area contributed by atoms with Crippen LogP contribution in [0.25, 0.3) is 11.8 Å². The highest BCUT2D eigenvalue weighted by molar-refractivity contribution is 9.10. The Balaban J connectivity index is 2.04. The molecule has 150 valence electrons. The number of aromatic nitrogens is 1. The van der Waals surface area contributed by atoms with Gasteiger partial charge in [0, 0.05) is 29.5 Å². The van der Waals surface area contributed by atoms with Gasteiger partial charge in [0.15, 0.2) is 11.6 Å². The molecule has 3 nitrogen and oxygen atoms in total. The minimum absolute atomic E-state index is 0.00828. The number of hydrogen-bond acceptors (Lipinski definition) is 2. The molecule has 0 unspecified atom stereocenters. The third-order valence-corrected chi connectivity index (χ3v) is 5.06. The van der Waals surface area contributed by atoms with Crippen molar-refractivity contribution in [1.29, 1.82) is 0 Å². The Morgan fingerprint density at radius 3 is 2.48 bits per heavy atom. The Hall–Kier alpha value is -2.87. The first-order valence-corrected chi connectivity index (χ1v) is 9.13. The summed E-state index contributed by atoms with van der Waals surface area (Å²) in [4.78, 5) is 12.3. The smallest absolute Gasteiger partial charge is 0.255 e. The van der Waals surface area contributed by atoms with E-state index in [9.17, 15) is 22.4 Å². The molecule has 1 aromatic heterocycles. The van der Waals surface area contributed by atoms with Crippen molar-refractivity contribution >= 4 is 22.0 Å². The summed E-state index contributed by atoms with van der Waals surface area (Å²) in [5, 5.41) is 0. The summed E-state index contributed by atoms with van der Waals surface area (Å²) in [5.74, 6) is -3.95. The summed E-state index contributed by atoms with van der Waals surface area (Å²) in [7, 11) is 0. The number of ether oxygens (including phenoxy) is 1. The monoisotopic (exact) mass is 467 g/mol. The lowest BCUT2D eigenvalue weighted by Gasteiger charge is -2.17. The molecule has 0 saturated carbocycles. The summed E-state index contributed by atoms with van der Waals surface area (Å²) in [6.07, 6.45) is 1.46. The van der Waals surface area contributed by atoms with Gasteiger partial charge in [0.2, 0.25) is 0 Å². The van der Waals surface area contributed by atoms with E-state index in [2.05, 4.69) is 22.5 Å². The molecule has 0 fully saturated rings. The van der Waals surface area contributed by atoms with E-state index in [-0.39, 0.29) is 22.4 Å². The van der Waals surface area contributed by atoms with E-state index in [1.807, 2.05) is 0 Å². The third kappa shape index (κ3) is 3.98. The van der Waals surface area contributed by atoms with Crippen LogP contribution >= 0.6 is 15.9 Å². The molecule has 1 heterocycles. The molecule has 29 heavy (non-hydrogen) atoms. The number of nitrogens with zero attached hydrogens (tertiary/aromatic N) is 1.